The van der Waals surface area contributed by atoms with E-state index in [1.165, 1.54) is 11.1 Å². The Hall–Kier alpha value is -1.32. The highest BCUT2D eigenvalue weighted by Gasteiger charge is 2.11. The van der Waals surface area contributed by atoms with Gasteiger partial charge in [0.05, 0.1) is 6.61 Å². The number of hydrogen-bond donors (Lipinski definition) is 1. The van der Waals surface area contributed by atoms with Gasteiger partial charge in [0.2, 0.25) is 0 Å². The van der Waals surface area contributed by atoms with Gasteiger partial charge in [0, 0.05) is 10.5 Å². The Labute approximate surface area is 135 Å². The van der Waals surface area contributed by atoms with Crippen LogP contribution in [0.4, 0.5) is 0 Å². The average molecular weight is 348 g/mol. The first kappa shape index (κ1) is 16.1. The first-order valence-corrected chi connectivity index (χ1v) is 8.22. The van der Waals surface area contributed by atoms with Gasteiger partial charge in [-0.15, -0.1) is 0 Å². The van der Waals surface area contributed by atoms with Gasteiger partial charge in [0.15, 0.2) is 0 Å². The molecule has 0 fully saturated rings. The normalized spacial score (nSPS) is 12.1. The molecule has 1 N–H and O–H groups in total. The fourth-order valence-electron chi connectivity index (χ4n) is 2.42. The molecule has 0 aliphatic rings. The minimum absolute atomic E-state index is 0.319. The number of hydrogen-bond acceptors (Lipinski definition) is 2. The van der Waals surface area contributed by atoms with Gasteiger partial charge in [-0.25, -0.2) is 0 Å². The summed E-state index contributed by atoms with van der Waals surface area (Å²) < 4.78 is 6.63. The second kappa shape index (κ2) is 8.20. The molecule has 0 aromatic heterocycles. The van der Waals surface area contributed by atoms with Crippen LogP contribution in [0.3, 0.4) is 0 Å². The largest absolute Gasteiger partial charge is 0.494 e. The third kappa shape index (κ3) is 4.87. The van der Waals surface area contributed by atoms with E-state index in [9.17, 15) is 0 Å². The zero-order chi connectivity index (χ0) is 15.1. The maximum Gasteiger partial charge on any atom is 0.119 e. The van der Waals surface area contributed by atoms with E-state index in [0.717, 1.165) is 23.2 Å². The van der Waals surface area contributed by atoms with Crippen molar-refractivity contribution in [2.75, 3.05) is 13.2 Å². The summed E-state index contributed by atoms with van der Waals surface area (Å²) in [4.78, 5) is 0. The molecule has 0 aliphatic heterocycles. The van der Waals surface area contributed by atoms with Crippen LogP contribution < -0.4 is 10.1 Å². The monoisotopic (exact) mass is 347 g/mol. The maximum absolute atomic E-state index is 5.51. The number of halogens is 1. The average Bonchev–Trinajstić information content (AvgIpc) is 2.48. The summed E-state index contributed by atoms with van der Waals surface area (Å²) >= 11 is 3.54. The van der Waals surface area contributed by atoms with Crippen LogP contribution in [0, 0.1) is 0 Å². The van der Waals surface area contributed by atoms with E-state index in [0.29, 0.717) is 12.6 Å². The Bertz CT molecular complexity index is 553. The number of benzene rings is 2. The maximum atomic E-state index is 5.51. The Kier molecular flexibility index (Phi) is 6.27. The third-order valence-corrected chi connectivity index (χ3v) is 3.87. The van der Waals surface area contributed by atoms with Crippen molar-refractivity contribution in [1.29, 1.82) is 0 Å². The second-order valence-corrected chi connectivity index (χ2v) is 5.86. The lowest BCUT2D eigenvalue weighted by atomic mass is 9.99. The van der Waals surface area contributed by atoms with Crippen LogP contribution in [0.15, 0.2) is 53.0 Å². The van der Waals surface area contributed by atoms with Crippen LogP contribution in [-0.2, 0) is 6.42 Å². The highest BCUT2D eigenvalue weighted by atomic mass is 79.9. The van der Waals surface area contributed by atoms with Gasteiger partial charge in [-0.3, -0.25) is 0 Å². The van der Waals surface area contributed by atoms with Crippen LogP contribution in [0.25, 0.3) is 0 Å². The van der Waals surface area contributed by atoms with Crippen molar-refractivity contribution in [1.82, 2.24) is 5.32 Å². The van der Waals surface area contributed by atoms with Crippen LogP contribution in [0.2, 0.25) is 0 Å². The Morgan fingerprint density at radius 3 is 2.48 bits per heavy atom. The van der Waals surface area contributed by atoms with E-state index < -0.39 is 0 Å². The SMILES string of the molecule is CCNC(Cc1cccc(Br)c1)c1ccc(OCC)cc1. The molecule has 21 heavy (non-hydrogen) atoms. The van der Waals surface area contributed by atoms with Gasteiger partial charge in [0.1, 0.15) is 5.75 Å². The van der Waals surface area contributed by atoms with Crippen molar-refractivity contribution in [3.05, 3.63) is 64.1 Å². The molecule has 0 amide bonds. The molecule has 2 aromatic rings. The smallest absolute Gasteiger partial charge is 0.119 e. The third-order valence-electron chi connectivity index (χ3n) is 3.37. The molecule has 1 unspecified atom stereocenters. The molecule has 0 spiro atoms. The van der Waals surface area contributed by atoms with Gasteiger partial charge in [-0.2, -0.15) is 0 Å². The predicted octanol–water partition coefficient (Wildman–Crippen LogP) is 4.74. The summed E-state index contributed by atoms with van der Waals surface area (Å²) in [5.41, 5.74) is 2.62. The molecule has 0 bridgehead atoms. The first-order valence-electron chi connectivity index (χ1n) is 7.43. The molecule has 2 rings (SSSR count). The lowest BCUT2D eigenvalue weighted by Crippen LogP contribution is -2.22. The summed E-state index contributed by atoms with van der Waals surface area (Å²) in [6.45, 7) is 5.80. The van der Waals surface area contributed by atoms with Crippen LogP contribution >= 0.6 is 15.9 Å². The molecule has 0 saturated carbocycles. The molecule has 2 aromatic carbocycles. The van der Waals surface area contributed by atoms with Gasteiger partial charge < -0.3 is 10.1 Å². The summed E-state index contributed by atoms with van der Waals surface area (Å²) in [6.07, 6.45) is 0.973. The molecule has 0 saturated heterocycles. The molecule has 2 nitrogen and oxygen atoms in total. The molecular formula is C18H22BrNO. The Morgan fingerprint density at radius 2 is 1.86 bits per heavy atom. The van der Waals surface area contributed by atoms with Gasteiger partial charge in [-0.1, -0.05) is 47.1 Å². The van der Waals surface area contributed by atoms with Crippen molar-refractivity contribution in [3.63, 3.8) is 0 Å². The van der Waals surface area contributed by atoms with E-state index in [1.807, 2.05) is 19.1 Å². The zero-order valence-electron chi connectivity index (χ0n) is 12.6. The lowest BCUT2D eigenvalue weighted by molar-refractivity contribution is 0.340. The molecule has 0 heterocycles. The van der Waals surface area contributed by atoms with Gasteiger partial charge >= 0.3 is 0 Å². The second-order valence-electron chi connectivity index (χ2n) is 4.95. The zero-order valence-corrected chi connectivity index (χ0v) is 14.2. The van der Waals surface area contributed by atoms with Crippen LogP contribution in [0.5, 0.6) is 5.75 Å². The summed E-state index contributed by atoms with van der Waals surface area (Å²) in [5, 5.41) is 3.56. The van der Waals surface area contributed by atoms with E-state index in [4.69, 9.17) is 4.74 Å². The molecule has 0 aliphatic carbocycles. The Balaban J connectivity index is 2.14. The first-order chi connectivity index (χ1) is 10.2. The highest BCUT2D eigenvalue weighted by molar-refractivity contribution is 9.10. The Morgan fingerprint density at radius 1 is 1.10 bits per heavy atom. The molecular weight excluding hydrogens is 326 g/mol. The van der Waals surface area contributed by atoms with E-state index in [-0.39, 0.29) is 0 Å². The van der Waals surface area contributed by atoms with E-state index >= 15 is 0 Å². The fraction of sp³-hybridized carbons (Fsp3) is 0.333. The predicted molar refractivity (Wildman–Crippen MR) is 91.9 cm³/mol. The molecule has 1 atom stereocenters. The fourth-order valence-corrected chi connectivity index (χ4v) is 2.86. The van der Waals surface area contributed by atoms with Crippen molar-refractivity contribution in [2.45, 2.75) is 26.3 Å². The minimum atomic E-state index is 0.319. The lowest BCUT2D eigenvalue weighted by Gasteiger charge is -2.19. The van der Waals surface area contributed by atoms with Gasteiger partial charge in [0.25, 0.3) is 0 Å². The van der Waals surface area contributed by atoms with Crippen molar-refractivity contribution < 1.29 is 4.74 Å². The van der Waals surface area contributed by atoms with Crippen LogP contribution in [-0.4, -0.2) is 13.2 Å². The molecule has 112 valence electrons. The van der Waals surface area contributed by atoms with Crippen molar-refractivity contribution in [3.8, 4) is 5.75 Å². The van der Waals surface area contributed by atoms with E-state index in [2.05, 4.69) is 64.6 Å². The highest BCUT2D eigenvalue weighted by Crippen LogP contribution is 2.23. The summed E-state index contributed by atoms with van der Waals surface area (Å²) in [7, 11) is 0. The van der Waals surface area contributed by atoms with E-state index in [1.54, 1.807) is 0 Å². The minimum Gasteiger partial charge on any atom is -0.494 e. The number of rotatable bonds is 7. The quantitative estimate of drug-likeness (QED) is 0.780. The summed E-state index contributed by atoms with van der Waals surface area (Å²) in [6, 6.07) is 17.2. The molecule has 0 radical (unpaired) electrons. The molecule has 3 heteroatoms. The van der Waals surface area contributed by atoms with Crippen molar-refractivity contribution in [2.24, 2.45) is 0 Å². The standard InChI is InChI=1S/C18H22BrNO/c1-3-20-18(13-14-6-5-7-16(19)12-14)15-8-10-17(11-9-15)21-4-2/h5-12,18,20H,3-4,13H2,1-2H3. The number of ether oxygens (including phenoxy) is 1. The number of likely N-dealkylation sites (N-methyl/N-ethyl adjacent to an activating group) is 1. The van der Waals surface area contributed by atoms with Crippen LogP contribution in [0.1, 0.15) is 31.0 Å². The van der Waals surface area contributed by atoms with Gasteiger partial charge in [-0.05, 0) is 55.3 Å². The van der Waals surface area contributed by atoms with Crippen molar-refractivity contribution >= 4 is 15.9 Å². The topological polar surface area (TPSA) is 21.3 Å². The summed E-state index contributed by atoms with van der Waals surface area (Å²) in [5.74, 6) is 0.930. The number of nitrogens with one attached hydrogen (secondary N) is 1.